The Hall–Kier alpha value is -0.690. The van der Waals surface area contributed by atoms with Crippen molar-refractivity contribution in [2.24, 2.45) is 0 Å². The summed E-state index contributed by atoms with van der Waals surface area (Å²) in [7, 11) is 0. The van der Waals surface area contributed by atoms with E-state index in [1.807, 2.05) is 12.1 Å². The molecule has 0 radical (unpaired) electrons. The lowest BCUT2D eigenvalue weighted by Crippen LogP contribution is -1.87. The van der Waals surface area contributed by atoms with Crippen molar-refractivity contribution >= 4 is 17.6 Å². The molecule has 1 aromatic carbocycles. The summed E-state index contributed by atoms with van der Waals surface area (Å²) in [4.78, 5) is 0. The van der Waals surface area contributed by atoms with E-state index in [-0.39, 0.29) is 0 Å². The van der Waals surface area contributed by atoms with Crippen LogP contribution >= 0.6 is 12.2 Å². The van der Waals surface area contributed by atoms with Gasteiger partial charge in [0, 0.05) is 5.37 Å². The van der Waals surface area contributed by atoms with E-state index in [1.165, 1.54) is 11.1 Å². The van der Waals surface area contributed by atoms with Gasteiger partial charge in [0.2, 0.25) is 0 Å². The number of hydrogen-bond acceptors (Lipinski definition) is 1. The summed E-state index contributed by atoms with van der Waals surface area (Å²) in [5.41, 5.74) is 3.76. The van der Waals surface area contributed by atoms with Crippen molar-refractivity contribution in [3.8, 4) is 0 Å². The molecule has 0 aromatic heterocycles. The van der Waals surface area contributed by atoms with Gasteiger partial charge in [0.1, 0.15) is 0 Å². The molecule has 0 nitrogen and oxygen atoms in total. The molecule has 0 heterocycles. The van der Waals surface area contributed by atoms with Crippen LogP contribution in [0.2, 0.25) is 0 Å². The van der Waals surface area contributed by atoms with Crippen molar-refractivity contribution in [3.63, 3.8) is 0 Å². The van der Waals surface area contributed by atoms with Crippen LogP contribution in [-0.2, 0) is 0 Å². The monoisotopic (exact) mass is 150 g/mol. The third-order valence-corrected chi connectivity index (χ3v) is 2.03. The second kappa shape index (κ2) is 2.93. The molecule has 0 unspecified atom stereocenters. The van der Waals surface area contributed by atoms with E-state index in [9.17, 15) is 0 Å². The first kappa shape index (κ1) is 7.42. The highest BCUT2D eigenvalue weighted by Gasteiger charge is 1.94. The minimum atomic E-state index is 1.16. The van der Waals surface area contributed by atoms with Gasteiger partial charge in [-0.3, -0.25) is 0 Å². The fourth-order valence-corrected chi connectivity index (χ4v) is 1.16. The molecule has 0 saturated carbocycles. The van der Waals surface area contributed by atoms with Crippen LogP contribution in [0.5, 0.6) is 0 Å². The third-order valence-electron chi connectivity index (χ3n) is 1.77. The predicted molar refractivity (Wildman–Crippen MR) is 48.7 cm³/mol. The van der Waals surface area contributed by atoms with Gasteiger partial charge >= 0.3 is 0 Å². The zero-order valence-corrected chi connectivity index (χ0v) is 7.03. The predicted octanol–water partition coefficient (Wildman–Crippen LogP) is 2.65. The Bertz CT molecular complexity index is 251. The molecule has 0 spiro atoms. The van der Waals surface area contributed by atoms with Crippen molar-refractivity contribution in [2.75, 3.05) is 0 Å². The van der Waals surface area contributed by atoms with E-state index in [1.54, 1.807) is 5.37 Å². The van der Waals surface area contributed by atoms with Crippen LogP contribution in [0.1, 0.15) is 16.7 Å². The zero-order valence-electron chi connectivity index (χ0n) is 6.22. The molecule has 0 aliphatic rings. The Balaban J connectivity index is 3.27. The maximum Gasteiger partial charge on any atom is 0.00888 e. The second-order valence-corrected chi connectivity index (χ2v) is 2.64. The molecule has 0 aliphatic heterocycles. The number of aryl methyl sites for hydroxylation is 1. The summed E-state index contributed by atoms with van der Waals surface area (Å²) in [6.07, 6.45) is 0. The SMILES string of the molecule is Cc1cccc(C=S)c1C. The van der Waals surface area contributed by atoms with Crippen molar-refractivity contribution in [1.82, 2.24) is 0 Å². The summed E-state index contributed by atoms with van der Waals surface area (Å²) in [6, 6.07) is 6.16. The summed E-state index contributed by atoms with van der Waals surface area (Å²) < 4.78 is 0. The Morgan fingerprint density at radius 1 is 1.30 bits per heavy atom. The smallest absolute Gasteiger partial charge is 0.00888 e. The first-order chi connectivity index (χ1) is 4.75. The standard InChI is InChI=1S/C9H10S/c1-7-4-3-5-9(6-10)8(7)2/h3-6H,1-2H3. The number of thiocarbonyl (C=S) groups is 1. The molecule has 10 heavy (non-hydrogen) atoms. The molecule has 0 N–H and O–H groups in total. The lowest BCUT2D eigenvalue weighted by Gasteiger charge is -2.01. The van der Waals surface area contributed by atoms with E-state index in [4.69, 9.17) is 12.2 Å². The van der Waals surface area contributed by atoms with Gasteiger partial charge in [0.05, 0.1) is 0 Å². The molecule has 0 bridgehead atoms. The molecule has 1 heteroatoms. The average molecular weight is 150 g/mol. The quantitative estimate of drug-likeness (QED) is 0.555. The van der Waals surface area contributed by atoms with Gasteiger partial charge in [0.15, 0.2) is 0 Å². The molecule has 52 valence electrons. The van der Waals surface area contributed by atoms with Gasteiger partial charge < -0.3 is 0 Å². The van der Waals surface area contributed by atoms with Crippen LogP contribution in [-0.4, -0.2) is 5.37 Å². The van der Waals surface area contributed by atoms with Crippen LogP contribution in [0.3, 0.4) is 0 Å². The van der Waals surface area contributed by atoms with Gasteiger partial charge in [0.25, 0.3) is 0 Å². The van der Waals surface area contributed by atoms with Crippen LogP contribution in [0.4, 0.5) is 0 Å². The Labute approximate surface area is 66.9 Å². The van der Waals surface area contributed by atoms with Gasteiger partial charge in [-0.05, 0) is 30.5 Å². The topological polar surface area (TPSA) is 0 Å². The van der Waals surface area contributed by atoms with E-state index in [0.29, 0.717) is 0 Å². The molecular weight excluding hydrogens is 140 g/mol. The van der Waals surface area contributed by atoms with Crippen molar-refractivity contribution < 1.29 is 0 Å². The van der Waals surface area contributed by atoms with Crippen LogP contribution in [0.25, 0.3) is 0 Å². The summed E-state index contributed by atoms with van der Waals surface area (Å²) >= 11 is 4.84. The Kier molecular flexibility index (Phi) is 2.17. The minimum absolute atomic E-state index is 1.16. The van der Waals surface area contributed by atoms with E-state index >= 15 is 0 Å². The van der Waals surface area contributed by atoms with E-state index < -0.39 is 0 Å². The van der Waals surface area contributed by atoms with Gasteiger partial charge in [-0.15, -0.1) is 0 Å². The zero-order chi connectivity index (χ0) is 7.56. The average Bonchev–Trinajstić information content (AvgIpc) is 1.95. The highest BCUT2D eigenvalue weighted by molar-refractivity contribution is 7.79. The summed E-state index contributed by atoms with van der Waals surface area (Å²) in [6.45, 7) is 4.19. The largest absolute Gasteiger partial charge is 0.0881 e. The minimum Gasteiger partial charge on any atom is -0.0881 e. The van der Waals surface area contributed by atoms with Gasteiger partial charge in [-0.25, -0.2) is 0 Å². The maximum absolute atomic E-state index is 4.84. The number of benzene rings is 1. The summed E-state index contributed by atoms with van der Waals surface area (Å²) in [5.74, 6) is 0. The molecule has 0 atom stereocenters. The van der Waals surface area contributed by atoms with Crippen LogP contribution in [0.15, 0.2) is 18.2 Å². The van der Waals surface area contributed by atoms with Crippen molar-refractivity contribution in [1.29, 1.82) is 0 Å². The molecule has 0 fully saturated rings. The normalized spacial score (nSPS) is 9.40. The number of hydrogen-bond donors (Lipinski definition) is 0. The van der Waals surface area contributed by atoms with Crippen molar-refractivity contribution in [2.45, 2.75) is 13.8 Å². The highest BCUT2D eigenvalue weighted by atomic mass is 32.1. The molecular formula is C9H10S. The second-order valence-electron chi connectivity index (χ2n) is 2.41. The Morgan fingerprint density at radius 3 is 2.50 bits per heavy atom. The lowest BCUT2D eigenvalue weighted by molar-refractivity contribution is 1.33. The molecule has 0 saturated heterocycles. The van der Waals surface area contributed by atoms with Crippen LogP contribution < -0.4 is 0 Å². The summed E-state index contributed by atoms with van der Waals surface area (Å²) in [5, 5.41) is 1.72. The number of rotatable bonds is 1. The molecule has 1 rings (SSSR count). The lowest BCUT2D eigenvalue weighted by atomic mass is 10.1. The maximum atomic E-state index is 4.84. The highest BCUT2D eigenvalue weighted by Crippen LogP contribution is 2.09. The van der Waals surface area contributed by atoms with Crippen LogP contribution in [0, 0.1) is 13.8 Å². The van der Waals surface area contributed by atoms with E-state index in [0.717, 1.165) is 5.56 Å². The molecule has 0 aliphatic carbocycles. The Morgan fingerprint density at radius 2 is 2.00 bits per heavy atom. The molecule has 1 aromatic rings. The first-order valence-electron chi connectivity index (χ1n) is 3.27. The fraction of sp³-hybridized carbons (Fsp3) is 0.222. The molecule has 0 amide bonds. The third kappa shape index (κ3) is 1.24. The first-order valence-corrected chi connectivity index (χ1v) is 3.74. The van der Waals surface area contributed by atoms with Gasteiger partial charge in [-0.2, -0.15) is 0 Å². The van der Waals surface area contributed by atoms with E-state index in [2.05, 4.69) is 19.9 Å². The fourth-order valence-electron chi connectivity index (χ4n) is 0.901. The van der Waals surface area contributed by atoms with Crippen molar-refractivity contribution in [3.05, 3.63) is 34.9 Å². The van der Waals surface area contributed by atoms with Gasteiger partial charge in [-0.1, -0.05) is 30.4 Å².